The standard InChI is InChI=1S/C24H29N5/c1-19-8-10-21(11-9-19)17-25-23-16-24(27-20(2)26-23)29-14-12-28(13-15-29)18-22-6-4-3-5-7-22/h3-11,16H,12-15,17-18H2,1-2H3,(H,25,26,27). The number of aryl methyl sites for hydroxylation is 2. The van der Waals surface area contributed by atoms with Crippen LogP contribution in [-0.4, -0.2) is 41.0 Å². The van der Waals surface area contributed by atoms with Crippen LogP contribution >= 0.6 is 0 Å². The van der Waals surface area contributed by atoms with Crippen molar-refractivity contribution in [2.75, 3.05) is 36.4 Å². The Kier molecular flexibility index (Phi) is 6.06. The molecule has 0 aliphatic carbocycles. The lowest BCUT2D eigenvalue weighted by Crippen LogP contribution is -2.46. The Morgan fingerprint density at radius 1 is 0.828 bits per heavy atom. The van der Waals surface area contributed by atoms with Gasteiger partial charge >= 0.3 is 0 Å². The number of nitrogens with one attached hydrogen (secondary N) is 1. The van der Waals surface area contributed by atoms with Crippen LogP contribution in [-0.2, 0) is 13.1 Å². The van der Waals surface area contributed by atoms with Crippen molar-refractivity contribution in [1.82, 2.24) is 14.9 Å². The van der Waals surface area contributed by atoms with Gasteiger partial charge in [0.15, 0.2) is 0 Å². The third-order valence-electron chi connectivity index (χ3n) is 5.36. The minimum Gasteiger partial charge on any atom is -0.366 e. The molecule has 5 heteroatoms. The first kappa shape index (κ1) is 19.4. The van der Waals surface area contributed by atoms with Gasteiger partial charge in [0.25, 0.3) is 0 Å². The zero-order valence-corrected chi connectivity index (χ0v) is 17.3. The van der Waals surface area contributed by atoms with Crippen molar-refractivity contribution in [3.63, 3.8) is 0 Å². The van der Waals surface area contributed by atoms with Crippen LogP contribution in [0.15, 0.2) is 60.7 Å². The Hall–Kier alpha value is -2.92. The van der Waals surface area contributed by atoms with E-state index >= 15 is 0 Å². The number of hydrogen-bond donors (Lipinski definition) is 1. The van der Waals surface area contributed by atoms with Crippen molar-refractivity contribution < 1.29 is 0 Å². The molecular weight excluding hydrogens is 358 g/mol. The molecule has 1 N–H and O–H groups in total. The van der Waals surface area contributed by atoms with E-state index in [2.05, 4.69) is 92.7 Å². The molecule has 0 spiro atoms. The van der Waals surface area contributed by atoms with Gasteiger partial charge in [-0.3, -0.25) is 4.90 Å². The van der Waals surface area contributed by atoms with Gasteiger partial charge < -0.3 is 10.2 Å². The van der Waals surface area contributed by atoms with Crippen molar-refractivity contribution in [3.8, 4) is 0 Å². The molecule has 150 valence electrons. The highest BCUT2D eigenvalue weighted by atomic mass is 15.3. The Morgan fingerprint density at radius 3 is 2.28 bits per heavy atom. The number of nitrogens with zero attached hydrogens (tertiary/aromatic N) is 4. The molecule has 3 aromatic rings. The molecule has 1 aromatic heterocycles. The van der Waals surface area contributed by atoms with E-state index in [1.807, 2.05) is 6.92 Å². The smallest absolute Gasteiger partial charge is 0.134 e. The summed E-state index contributed by atoms with van der Waals surface area (Å²) in [4.78, 5) is 14.1. The van der Waals surface area contributed by atoms with E-state index in [-0.39, 0.29) is 0 Å². The van der Waals surface area contributed by atoms with E-state index in [1.54, 1.807) is 0 Å². The lowest BCUT2D eigenvalue weighted by molar-refractivity contribution is 0.249. The van der Waals surface area contributed by atoms with E-state index in [0.29, 0.717) is 0 Å². The van der Waals surface area contributed by atoms with Crippen molar-refractivity contribution >= 4 is 11.6 Å². The van der Waals surface area contributed by atoms with Crippen LogP contribution in [0, 0.1) is 13.8 Å². The van der Waals surface area contributed by atoms with Crippen LogP contribution in [0.4, 0.5) is 11.6 Å². The largest absolute Gasteiger partial charge is 0.366 e. The highest BCUT2D eigenvalue weighted by Crippen LogP contribution is 2.19. The molecule has 0 amide bonds. The van der Waals surface area contributed by atoms with Crippen LogP contribution in [0.2, 0.25) is 0 Å². The van der Waals surface area contributed by atoms with E-state index in [0.717, 1.165) is 56.7 Å². The first-order valence-electron chi connectivity index (χ1n) is 10.3. The van der Waals surface area contributed by atoms with Gasteiger partial charge in [-0.25, -0.2) is 9.97 Å². The number of rotatable bonds is 6. The van der Waals surface area contributed by atoms with Gasteiger partial charge in [-0.15, -0.1) is 0 Å². The van der Waals surface area contributed by atoms with E-state index in [1.165, 1.54) is 16.7 Å². The number of hydrogen-bond acceptors (Lipinski definition) is 5. The Balaban J connectivity index is 1.35. The van der Waals surface area contributed by atoms with E-state index in [4.69, 9.17) is 0 Å². The maximum atomic E-state index is 4.69. The van der Waals surface area contributed by atoms with Gasteiger partial charge in [0, 0.05) is 45.3 Å². The first-order valence-corrected chi connectivity index (χ1v) is 10.3. The average molecular weight is 388 g/mol. The van der Waals surface area contributed by atoms with Crippen molar-refractivity contribution in [2.24, 2.45) is 0 Å². The summed E-state index contributed by atoms with van der Waals surface area (Å²) in [5.74, 6) is 2.71. The van der Waals surface area contributed by atoms with Gasteiger partial charge in [0.1, 0.15) is 17.5 Å². The fraction of sp³-hybridized carbons (Fsp3) is 0.333. The molecule has 1 aliphatic rings. The fourth-order valence-electron chi connectivity index (χ4n) is 3.68. The zero-order valence-electron chi connectivity index (χ0n) is 17.3. The molecule has 0 unspecified atom stereocenters. The van der Waals surface area contributed by atoms with E-state index < -0.39 is 0 Å². The Bertz CT molecular complexity index is 916. The number of anilines is 2. The lowest BCUT2D eigenvalue weighted by atomic mass is 10.1. The van der Waals surface area contributed by atoms with E-state index in [9.17, 15) is 0 Å². The second kappa shape index (κ2) is 9.05. The summed E-state index contributed by atoms with van der Waals surface area (Å²) < 4.78 is 0. The summed E-state index contributed by atoms with van der Waals surface area (Å²) in [5.41, 5.74) is 3.91. The molecule has 0 radical (unpaired) electrons. The normalized spacial score (nSPS) is 14.8. The molecular formula is C24H29N5. The Labute approximate surface area is 173 Å². The van der Waals surface area contributed by atoms with Crippen LogP contribution < -0.4 is 10.2 Å². The average Bonchev–Trinajstić information content (AvgIpc) is 2.74. The molecule has 1 aliphatic heterocycles. The molecule has 5 nitrogen and oxygen atoms in total. The van der Waals surface area contributed by atoms with Crippen LogP contribution in [0.25, 0.3) is 0 Å². The number of aromatic nitrogens is 2. The van der Waals surface area contributed by atoms with Gasteiger partial charge in [-0.2, -0.15) is 0 Å². The van der Waals surface area contributed by atoms with Crippen molar-refractivity contribution in [3.05, 3.63) is 83.2 Å². The molecule has 0 saturated carbocycles. The predicted molar refractivity (Wildman–Crippen MR) is 119 cm³/mol. The summed E-state index contributed by atoms with van der Waals surface area (Å²) in [6.07, 6.45) is 0. The first-order chi connectivity index (χ1) is 14.2. The molecule has 4 rings (SSSR count). The second-order valence-electron chi connectivity index (χ2n) is 7.75. The van der Waals surface area contributed by atoms with Gasteiger partial charge in [0.2, 0.25) is 0 Å². The maximum absolute atomic E-state index is 4.69. The maximum Gasteiger partial charge on any atom is 0.134 e. The molecule has 2 heterocycles. The summed E-state index contributed by atoms with van der Waals surface area (Å²) in [5, 5.41) is 3.45. The summed E-state index contributed by atoms with van der Waals surface area (Å²) in [6, 6.07) is 21.4. The number of piperazine rings is 1. The predicted octanol–water partition coefficient (Wildman–Crippen LogP) is 4.03. The highest BCUT2D eigenvalue weighted by molar-refractivity contribution is 5.50. The minimum absolute atomic E-state index is 0.765. The zero-order chi connectivity index (χ0) is 20.1. The molecule has 2 aromatic carbocycles. The molecule has 0 atom stereocenters. The van der Waals surface area contributed by atoms with Gasteiger partial charge in [-0.1, -0.05) is 60.2 Å². The van der Waals surface area contributed by atoms with Crippen LogP contribution in [0.5, 0.6) is 0 Å². The van der Waals surface area contributed by atoms with Crippen LogP contribution in [0.3, 0.4) is 0 Å². The van der Waals surface area contributed by atoms with Gasteiger partial charge in [0.05, 0.1) is 0 Å². The summed E-state index contributed by atoms with van der Waals surface area (Å²) >= 11 is 0. The van der Waals surface area contributed by atoms with Gasteiger partial charge in [-0.05, 0) is 25.0 Å². The summed E-state index contributed by atoms with van der Waals surface area (Å²) in [7, 11) is 0. The molecule has 0 bridgehead atoms. The minimum atomic E-state index is 0.765. The SMILES string of the molecule is Cc1ccc(CNc2cc(N3CCN(Cc4ccccc4)CC3)nc(C)n2)cc1. The monoisotopic (exact) mass is 387 g/mol. The molecule has 29 heavy (non-hydrogen) atoms. The number of benzene rings is 2. The quantitative estimate of drug-likeness (QED) is 0.692. The van der Waals surface area contributed by atoms with Crippen molar-refractivity contribution in [1.29, 1.82) is 0 Å². The van der Waals surface area contributed by atoms with Crippen molar-refractivity contribution in [2.45, 2.75) is 26.9 Å². The third-order valence-corrected chi connectivity index (χ3v) is 5.36. The van der Waals surface area contributed by atoms with Crippen LogP contribution in [0.1, 0.15) is 22.5 Å². The fourth-order valence-corrected chi connectivity index (χ4v) is 3.68. The highest BCUT2D eigenvalue weighted by Gasteiger charge is 2.19. The molecule has 1 saturated heterocycles. The summed E-state index contributed by atoms with van der Waals surface area (Å²) in [6.45, 7) is 9.92. The Morgan fingerprint density at radius 2 is 1.55 bits per heavy atom. The molecule has 1 fully saturated rings. The topological polar surface area (TPSA) is 44.3 Å². The third kappa shape index (κ3) is 5.33. The second-order valence-corrected chi connectivity index (χ2v) is 7.75. The lowest BCUT2D eigenvalue weighted by Gasteiger charge is -2.35.